The summed E-state index contributed by atoms with van der Waals surface area (Å²) in [7, 11) is 0. The van der Waals surface area contributed by atoms with E-state index in [1.807, 2.05) is 23.1 Å². The molecule has 1 saturated heterocycles. The van der Waals surface area contributed by atoms with Crippen molar-refractivity contribution in [3.8, 4) is 0 Å². The number of urea groups is 1. The molecule has 1 aromatic carbocycles. The maximum Gasteiger partial charge on any atom is 0.317 e. The van der Waals surface area contributed by atoms with Gasteiger partial charge in [0.05, 0.1) is 0 Å². The normalized spacial score (nSPS) is 19.2. The molecule has 1 aliphatic rings. The van der Waals surface area contributed by atoms with E-state index in [4.69, 9.17) is 0 Å². The van der Waals surface area contributed by atoms with Crippen LogP contribution in [-0.2, 0) is 6.42 Å². The standard InChI is InChI=1S/C16H24N2O/c1-2-15-10-6-7-13-18(15)16(19)17-12-11-14-8-4-3-5-9-14/h3-5,8-9,15H,2,6-7,10-13H2,1H3,(H,17,19). The number of carbonyl (C=O) groups excluding carboxylic acids is 1. The number of carbonyl (C=O) groups is 1. The first kappa shape index (κ1) is 13.9. The molecule has 1 aromatic rings. The Balaban J connectivity index is 1.77. The van der Waals surface area contributed by atoms with Gasteiger partial charge in [-0.2, -0.15) is 0 Å². The van der Waals surface area contributed by atoms with Gasteiger partial charge in [-0.25, -0.2) is 4.79 Å². The van der Waals surface area contributed by atoms with Gasteiger partial charge in [0.15, 0.2) is 0 Å². The predicted molar refractivity (Wildman–Crippen MR) is 78.2 cm³/mol. The van der Waals surface area contributed by atoms with Crippen LogP contribution >= 0.6 is 0 Å². The summed E-state index contributed by atoms with van der Waals surface area (Å²) in [5.41, 5.74) is 1.27. The molecule has 0 bridgehead atoms. The van der Waals surface area contributed by atoms with E-state index in [-0.39, 0.29) is 6.03 Å². The predicted octanol–water partition coefficient (Wildman–Crippen LogP) is 3.20. The highest BCUT2D eigenvalue weighted by atomic mass is 16.2. The molecule has 2 rings (SSSR count). The highest BCUT2D eigenvalue weighted by Gasteiger charge is 2.24. The van der Waals surface area contributed by atoms with Crippen LogP contribution in [0, 0.1) is 0 Å². The Bertz CT molecular complexity index is 391. The lowest BCUT2D eigenvalue weighted by atomic mass is 10.0. The lowest BCUT2D eigenvalue weighted by Crippen LogP contribution is -2.48. The van der Waals surface area contributed by atoms with Crippen molar-refractivity contribution in [2.24, 2.45) is 0 Å². The first-order chi connectivity index (χ1) is 9.31. The highest BCUT2D eigenvalue weighted by Crippen LogP contribution is 2.19. The maximum absolute atomic E-state index is 12.2. The zero-order valence-electron chi connectivity index (χ0n) is 11.8. The molecule has 3 heteroatoms. The third kappa shape index (κ3) is 3.98. The van der Waals surface area contributed by atoms with Crippen molar-refractivity contribution in [3.63, 3.8) is 0 Å². The molecule has 1 unspecified atom stereocenters. The van der Waals surface area contributed by atoms with Gasteiger partial charge in [-0.3, -0.25) is 0 Å². The molecule has 0 aromatic heterocycles. The van der Waals surface area contributed by atoms with Gasteiger partial charge >= 0.3 is 6.03 Å². The van der Waals surface area contributed by atoms with E-state index in [1.54, 1.807) is 0 Å². The quantitative estimate of drug-likeness (QED) is 0.886. The second-order valence-corrected chi connectivity index (χ2v) is 5.22. The number of likely N-dealkylation sites (tertiary alicyclic amines) is 1. The summed E-state index contributed by atoms with van der Waals surface area (Å²) in [6.45, 7) is 3.80. The van der Waals surface area contributed by atoms with Crippen LogP contribution in [0.2, 0.25) is 0 Å². The summed E-state index contributed by atoms with van der Waals surface area (Å²) in [4.78, 5) is 14.2. The number of hydrogen-bond donors (Lipinski definition) is 1. The molecule has 1 atom stereocenters. The number of piperidine rings is 1. The molecule has 2 amide bonds. The third-order valence-corrected chi connectivity index (χ3v) is 3.89. The van der Waals surface area contributed by atoms with Crippen LogP contribution in [0.3, 0.4) is 0 Å². The SMILES string of the molecule is CCC1CCCCN1C(=O)NCCc1ccccc1. The molecule has 1 N–H and O–H groups in total. The fraction of sp³-hybridized carbons (Fsp3) is 0.562. The number of hydrogen-bond acceptors (Lipinski definition) is 1. The van der Waals surface area contributed by atoms with Crippen molar-refractivity contribution < 1.29 is 4.79 Å². The van der Waals surface area contributed by atoms with Gasteiger partial charge in [0.25, 0.3) is 0 Å². The largest absolute Gasteiger partial charge is 0.338 e. The van der Waals surface area contributed by atoms with Gasteiger partial charge in [0, 0.05) is 19.1 Å². The fourth-order valence-electron chi connectivity index (χ4n) is 2.75. The first-order valence-electron chi connectivity index (χ1n) is 7.39. The van der Waals surface area contributed by atoms with Gasteiger partial charge in [-0.05, 0) is 37.7 Å². The van der Waals surface area contributed by atoms with E-state index in [0.29, 0.717) is 6.04 Å². The minimum absolute atomic E-state index is 0.113. The topological polar surface area (TPSA) is 32.3 Å². The second-order valence-electron chi connectivity index (χ2n) is 5.22. The van der Waals surface area contributed by atoms with Crippen LogP contribution in [0.15, 0.2) is 30.3 Å². The van der Waals surface area contributed by atoms with Crippen LogP contribution in [0.4, 0.5) is 4.79 Å². The summed E-state index contributed by atoms with van der Waals surface area (Å²) in [5, 5.41) is 3.05. The summed E-state index contributed by atoms with van der Waals surface area (Å²) in [6.07, 6.45) is 5.51. The first-order valence-corrected chi connectivity index (χ1v) is 7.39. The number of rotatable bonds is 4. The summed E-state index contributed by atoms with van der Waals surface area (Å²) in [6, 6.07) is 10.8. The van der Waals surface area contributed by atoms with Crippen molar-refractivity contribution in [3.05, 3.63) is 35.9 Å². The lowest BCUT2D eigenvalue weighted by Gasteiger charge is -2.35. The zero-order valence-corrected chi connectivity index (χ0v) is 11.8. The van der Waals surface area contributed by atoms with Crippen LogP contribution < -0.4 is 5.32 Å². The zero-order chi connectivity index (χ0) is 13.5. The number of nitrogens with zero attached hydrogens (tertiary/aromatic N) is 1. The van der Waals surface area contributed by atoms with Gasteiger partial charge in [-0.15, -0.1) is 0 Å². The summed E-state index contributed by atoms with van der Waals surface area (Å²) < 4.78 is 0. The smallest absolute Gasteiger partial charge is 0.317 e. The molecule has 1 aliphatic heterocycles. The average Bonchev–Trinajstić information content (AvgIpc) is 2.48. The number of amides is 2. The molecule has 0 spiro atoms. The highest BCUT2D eigenvalue weighted by molar-refractivity contribution is 5.74. The molecule has 1 heterocycles. The van der Waals surface area contributed by atoms with Crippen molar-refractivity contribution in [1.29, 1.82) is 0 Å². The maximum atomic E-state index is 12.2. The minimum Gasteiger partial charge on any atom is -0.338 e. The molecule has 0 radical (unpaired) electrons. The van der Waals surface area contributed by atoms with Gasteiger partial charge in [0.2, 0.25) is 0 Å². The molecule has 1 fully saturated rings. The Hall–Kier alpha value is -1.51. The Labute approximate surface area is 116 Å². The van der Waals surface area contributed by atoms with Crippen molar-refractivity contribution in [2.75, 3.05) is 13.1 Å². The van der Waals surface area contributed by atoms with Crippen LogP contribution in [0.25, 0.3) is 0 Å². The Morgan fingerprint density at radius 1 is 1.32 bits per heavy atom. The fourth-order valence-corrected chi connectivity index (χ4v) is 2.75. The lowest BCUT2D eigenvalue weighted by molar-refractivity contribution is 0.149. The van der Waals surface area contributed by atoms with Crippen LogP contribution in [0.5, 0.6) is 0 Å². The van der Waals surface area contributed by atoms with Crippen molar-refractivity contribution >= 4 is 6.03 Å². The second kappa shape index (κ2) is 7.17. The van der Waals surface area contributed by atoms with Crippen LogP contribution in [0.1, 0.15) is 38.2 Å². The van der Waals surface area contributed by atoms with E-state index in [9.17, 15) is 4.79 Å². The molecule has 0 saturated carbocycles. The molecule has 3 nitrogen and oxygen atoms in total. The van der Waals surface area contributed by atoms with Gasteiger partial charge in [0.1, 0.15) is 0 Å². The molecule has 19 heavy (non-hydrogen) atoms. The van der Waals surface area contributed by atoms with E-state index in [0.717, 1.165) is 38.8 Å². The molecule has 0 aliphatic carbocycles. The minimum atomic E-state index is 0.113. The Morgan fingerprint density at radius 3 is 2.84 bits per heavy atom. The van der Waals surface area contributed by atoms with Gasteiger partial charge < -0.3 is 10.2 Å². The van der Waals surface area contributed by atoms with E-state index in [1.165, 1.54) is 12.0 Å². The monoisotopic (exact) mass is 260 g/mol. The molecular weight excluding hydrogens is 236 g/mol. The van der Waals surface area contributed by atoms with Gasteiger partial charge in [-0.1, -0.05) is 37.3 Å². The Kier molecular flexibility index (Phi) is 5.25. The Morgan fingerprint density at radius 2 is 2.11 bits per heavy atom. The number of nitrogens with one attached hydrogen (secondary N) is 1. The number of benzene rings is 1. The van der Waals surface area contributed by atoms with Crippen LogP contribution in [-0.4, -0.2) is 30.1 Å². The summed E-state index contributed by atoms with van der Waals surface area (Å²) in [5.74, 6) is 0. The van der Waals surface area contributed by atoms with E-state index >= 15 is 0 Å². The average molecular weight is 260 g/mol. The molecule has 104 valence electrons. The van der Waals surface area contributed by atoms with Crippen molar-refractivity contribution in [2.45, 2.75) is 45.1 Å². The molecular formula is C16H24N2O. The van der Waals surface area contributed by atoms with E-state index in [2.05, 4.69) is 24.4 Å². The summed E-state index contributed by atoms with van der Waals surface area (Å²) >= 11 is 0. The third-order valence-electron chi connectivity index (χ3n) is 3.89. The van der Waals surface area contributed by atoms with Crippen molar-refractivity contribution in [1.82, 2.24) is 10.2 Å². The van der Waals surface area contributed by atoms with E-state index < -0.39 is 0 Å².